The number of hydrogen-bond donors (Lipinski definition) is 0. The first-order valence-corrected chi connectivity index (χ1v) is 24.9. The van der Waals surface area contributed by atoms with Crippen molar-refractivity contribution in [1.29, 1.82) is 0 Å². The molecule has 0 aliphatic carbocycles. The lowest BCUT2D eigenvalue weighted by molar-refractivity contribution is -0.870. The van der Waals surface area contributed by atoms with Crippen LogP contribution in [0.5, 0.6) is 0 Å². The van der Waals surface area contributed by atoms with Crippen LogP contribution in [0.3, 0.4) is 0 Å². The Hall–Kier alpha value is -0.760. The molecule has 0 aromatic rings. The molecule has 0 heterocycles. The van der Waals surface area contributed by atoms with Crippen molar-refractivity contribution in [3.63, 3.8) is 0 Å². The van der Waals surface area contributed by atoms with Gasteiger partial charge in [-0.25, -0.2) is 0 Å². The monoisotopic (exact) mass is 802 g/mol. The highest BCUT2D eigenvalue weighted by Gasteiger charge is 2.20. The van der Waals surface area contributed by atoms with Crippen molar-refractivity contribution in [2.24, 2.45) is 0 Å². The number of ether oxygens (including phenoxy) is 2. The summed E-state index contributed by atoms with van der Waals surface area (Å²) in [6.45, 7) is 5.43. The lowest BCUT2D eigenvalue weighted by Crippen LogP contribution is -2.37. The maximum atomic E-state index is 12.7. The highest BCUT2D eigenvalue weighted by atomic mass is 31.2. The number of unbranched alkanes of at least 4 members (excludes halogenated alkanes) is 28. The van der Waals surface area contributed by atoms with Crippen LogP contribution in [-0.4, -0.2) is 70.7 Å². The normalized spacial score (nSPS) is 13.8. The molecule has 55 heavy (non-hydrogen) atoms. The number of carbonyl (C=O) groups is 1. The molecule has 0 saturated heterocycles. The van der Waals surface area contributed by atoms with Gasteiger partial charge in [0.1, 0.15) is 19.3 Å². The number of allylic oxidation sites excluding steroid dienone is 2. The van der Waals surface area contributed by atoms with E-state index in [1.165, 1.54) is 167 Å². The lowest BCUT2D eigenvalue weighted by Gasteiger charge is -2.28. The van der Waals surface area contributed by atoms with Gasteiger partial charge in [0.05, 0.1) is 34.4 Å². The Morgan fingerprint density at radius 1 is 0.545 bits per heavy atom. The van der Waals surface area contributed by atoms with Crippen LogP contribution in [0.15, 0.2) is 12.2 Å². The Balaban J connectivity index is 4.15. The van der Waals surface area contributed by atoms with Crippen molar-refractivity contribution >= 4 is 13.8 Å². The van der Waals surface area contributed by atoms with E-state index in [-0.39, 0.29) is 25.8 Å². The average molecular weight is 802 g/mol. The SMILES string of the molecule is CCCCCC/C=C\CCCCCCCCOC[C@H](COP(=O)([O-])OCC[N+](C)(C)C)OC(=O)CCCCCCCCCCCCCCCCCCCCC. The Labute approximate surface area is 341 Å². The van der Waals surface area contributed by atoms with Gasteiger partial charge < -0.3 is 27.9 Å². The molecule has 8 nitrogen and oxygen atoms in total. The fourth-order valence-corrected chi connectivity index (χ4v) is 7.39. The van der Waals surface area contributed by atoms with Crippen molar-refractivity contribution in [3.05, 3.63) is 12.2 Å². The zero-order chi connectivity index (χ0) is 40.6. The van der Waals surface area contributed by atoms with E-state index in [4.69, 9.17) is 18.5 Å². The molecule has 0 bridgehead atoms. The third-order valence-corrected chi connectivity index (χ3v) is 11.3. The largest absolute Gasteiger partial charge is 0.756 e. The van der Waals surface area contributed by atoms with Crippen molar-refractivity contribution in [1.82, 2.24) is 0 Å². The van der Waals surface area contributed by atoms with E-state index in [0.29, 0.717) is 24.1 Å². The summed E-state index contributed by atoms with van der Waals surface area (Å²) in [6, 6.07) is 0. The zero-order valence-electron chi connectivity index (χ0n) is 37.1. The fourth-order valence-electron chi connectivity index (χ4n) is 6.66. The summed E-state index contributed by atoms with van der Waals surface area (Å²) in [5.74, 6) is -0.331. The van der Waals surface area contributed by atoms with Crippen LogP contribution in [0.2, 0.25) is 0 Å². The molecule has 9 heteroatoms. The molecule has 0 rings (SSSR count). The number of esters is 1. The number of likely N-dealkylation sites (N-methyl/N-ethyl adjacent to an activating group) is 1. The minimum Gasteiger partial charge on any atom is -0.756 e. The average Bonchev–Trinajstić information content (AvgIpc) is 3.13. The fraction of sp³-hybridized carbons (Fsp3) is 0.935. The summed E-state index contributed by atoms with van der Waals surface area (Å²) < 4.78 is 34.6. The second-order valence-electron chi connectivity index (χ2n) is 17.1. The molecule has 328 valence electrons. The molecule has 0 radical (unpaired) electrons. The van der Waals surface area contributed by atoms with E-state index < -0.39 is 13.9 Å². The highest BCUT2D eigenvalue weighted by Crippen LogP contribution is 2.38. The van der Waals surface area contributed by atoms with Crippen LogP contribution in [0, 0.1) is 0 Å². The molecule has 0 aliphatic heterocycles. The van der Waals surface area contributed by atoms with Gasteiger partial charge >= 0.3 is 5.97 Å². The number of carbonyl (C=O) groups excluding carboxylic acids is 1. The molecule has 0 N–H and O–H groups in total. The molecule has 0 saturated carbocycles. The Morgan fingerprint density at radius 3 is 1.40 bits per heavy atom. The van der Waals surface area contributed by atoms with Crippen molar-refractivity contribution in [2.75, 3.05) is 54.1 Å². The van der Waals surface area contributed by atoms with Gasteiger partial charge in [0.15, 0.2) is 0 Å². The van der Waals surface area contributed by atoms with Crippen LogP contribution in [-0.2, 0) is 27.9 Å². The maximum Gasteiger partial charge on any atom is 0.306 e. The molecule has 0 spiro atoms. The quantitative estimate of drug-likeness (QED) is 0.0199. The van der Waals surface area contributed by atoms with Crippen LogP contribution < -0.4 is 4.89 Å². The smallest absolute Gasteiger partial charge is 0.306 e. The van der Waals surface area contributed by atoms with E-state index in [0.717, 1.165) is 32.1 Å². The number of phosphoric acid groups is 1. The summed E-state index contributed by atoms with van der Waals surface area (Å²) in [6.07, 6.45) is 43.6. The Bertz CT molecular complexity index is 894. The first-order chi connectivity index (χ1) is 26.6. The summed E-state index contributed by atoms with van der Waals surface area (Å²) in [5, 5.41) is 0. The van der Waals surface area contributed by atoms with E-state index in [9.17, 15) is 14.3 Å². The minimum absolute atomic E-state index is 0.0282. The highest BCUT2D eigenvalue weighted by molar-refractivity contribution is 7.45. The molecule has 0 fully saturated rings. The summed E-state index contributed by atoms with van der Waals surface area (Å²) in [7, 11) is 1.36. The first kappa shape index (κ1) is 54.2. The third kappa shape index (κ3) is 44.2. The topological polar surface area (TPSA) is 94.1 Å². The number of hydrogen-bond acceptors (Lipinski definition) is 7. The van der Waals surface area contributed by atoms with Crippen molar-refractivity contribution < 1.29 is 37.3 Å². The molecular weight excluding hydrogens is 709 g/mol. The van der Waals surface area contributed by atoms with E-state index >= 15 is 0 Å². The second kappa shape index (κ2) is 40.0. The maximum absolute atomic E-state index is 12.7. The van der Waals surface area contributed by atoms with Crippen LogP contribution in [0.25, 0.3) is 0 Å². The van der Waals surface area contributed by atoms with Gasteiger partial charge in [-0.1, -0.05) is 187 Å². The van der Waals surface area contributed by atoms with Gasteiger partial charge in [0.25, 0.3) is 7.82 Å². The van der Waals surface area contributed by atoms with Crippen LogP contribution >= 0.6 is 7.82 Å². The van der Waals surface area contributed by atoms with Gasteiger partial charge in [-0.3, -0.25) is 9.36 Å². The molecule has 0 aromatic carbocycles. The Kier molecular flexibility index (Phi) is 39.5. The lowest BCUT2D eigenvalue weighted by atomic mass is 10.0. The predicted octanol–water partition coefficient (Wildman–Crippen LogP) is 13.2. The number of phosphoric ester groups is 1. The van der Waals surface area contributed by atoms with Gasteiger partial charge in [-0.05, 0) is 38.5 Å². The minimum atomic E-state index is -4.52. The summed E-state index contributed by atoms with van der Waals surface area (Å²) in [4.78, 5) is 25.1. The van der Waals surface area contributed by atoms with Crippen molar-refractivity contribution in [3.8, 4) is 0 Å². The number of rotatable bonds is 44. The van der Waals surface area contributed by atoms with Gasteiger partial charge in [0.2, 0.25) is 0 Å². The van der Waals surface area contributed by atoms with Crippen LogP contribution in [0.1, 0.15) is 219 Å². The molecular formula is C46H92NO7P. The predicted molar refractivity (Wildman–Crippen MR) is 231 cm³/mol. The summed E-state index contributed by atoms with van der Waals surface area (Å²) in [5.41, 5.74) is 0. The number of quaternary nitrogens is 1. The molecule has 0 aromatic heterocycles. The molecule has 0 amide bonds. The summed E-state index contributed by atoms with van der Waals surface area (Å²) >= 11 is 0. The number of nitrogens with zero attached hydrogens (tertiary/aromatic N) is 1. The molecule has 0 aliphatic rings. The third-order valence-electron chi connectivity index (χ3n) is 10.3. The van der Waals surface area contributed by atoms with E-state index in [1.807, 2.05) is 21.1 Å². The van der Waals surface area contributed by atoms with Gasteiger partial charge in [-0.15, -0.1) is 0 Å². The first-order valence-electron chi connectivity index (χ1n) is 23.4. The van der Waals surface area contributed by atoms with Gasteiger partial charge in [-0.2, -0.15) is 0 Å². The van der Waals surface area contributed by atoms with E-state index in [2.05, 4.69) is 26.0 Å². The van der Waals surface area contributed by atoms with Crippen molar-refractivity contribution in [2.45, 2.75) is 225 Å². The van der Waals surface area contributed by atoms with E-state index in [1.54, 1.807) is 0 Å². The van der Waals surface area contributed by atoms with Crippen LogP contribution in [0.4, 0.5) is 0 Å². The second-order valence-corrected chi connectivity index (χ2v) is 18.5. The molecule has 2 atom stereocenters. The van der Waals surface area contributed by atoms with Gasteiger partial charge in [0, 0.05) is 13.0 Å². The molecule has 1 unspecified atom stereocenters. The standard InChI is InChI=1S/C46H92NO7P/c1-6-8-10-12-14-16-18-20-22-23-24-25-26-27-29-31-33-35-37-39-46(48)54-45(44-53-55(49,50)52-42-40-47(3,4)5)43-51-41-38-36-34-32-30-28-21-19-17-15-13-11-9-7-2/h17,19,45H,6-16,18,20-44H2,1-5H3/b19-17-/t45-/m1/s1. The Morgan fingerprint density at radius 2 is 0.945 bits per heavy atom. The zero-order valence-corrected chi connectivity index (χ0v) is 38.0.